The van der Waals surface area contributed by atoms with Crippen molar-refractivity contribution in [2.45, 2.75) is 6.92 Å². The summed E-state index contributed by atoms with van der Waals surface area (Å²) in [6.07, 6.45) is 3.42. The zero-order valence-electron chi connectivity index (χ0n) is 15.7. The number of ether oxygens (including phenoxy) is 1. The third-order valence-corrected chi connectivity index (χ3v) is 4.87. The molecule has 3 heterocycles. The van der Waals surface area contributed by atoms with E-state index in [1.807, 2.05) is 53.1 Å². The van der Waals surface area contributed by atoms with E-state index in [0.717, 1.165) is 16.8 Å². The molecule has 0 saturated carbocycles. The molecule has 0 unspecified atom stereocenters. The van der Waals surface area contributed by atoms with Crippen molar-refractivity contribution >= 4 is 17.6 Å². The van der Waals surface area contributed by atoms with Crippen LogP contribution in [-0.2, 0) is 4.74 Å². The third kappa shape index (κ3) is 3.55. The summed E-state index contributed by atoms with van der Waals surface area (Å²) in [5, 5.41) is 0. The van der Waals surface area contributed by atoms with Gasteiger partial charge in [-0.2, -0.15) is 0 Å². The average molecular weight is 378 g/mol. The molecule has 28 heavy (non-hydrogen) atoms. The van der Waals surface area contributed by atoms with Crippen molar-refractivity contribution in [2.75, 3.05) is 32.8 Å². The lowest BCUT2D eigenvalue weighted by molar-refractivity contribution is 0.0566. The van der Waals surface area contributed by atoms with Crippen molar-refractivity contribution in [1.82, 2.24) is 19.2 Å². The fourth-order valence-electron chi connectivity index (χ4n) is 3.37. The SMILES string of the molecule is CCOC(=O)N1CCN(C(=O)c2cn3cc(-c4ccccc4)ccc3n2)CC1. The van der Waals surface area contributed by atoms with Crippen LogP contribution in [0.2, 0.25) is 0 Å². The summed E-state index contributed by atoms with van der Waals surface area (Å²) >= 11 is 0. The number of pyridine rings is 1. The zero-order valence-corrected chi connectivity index (χ0v) is 15.7. The lowest BCUT2D eigenvalue weighted by Crippen LogP contribution is -2.50. The molecule has 1 aliphatic rings. The fourth-order valence-corrected chi connectivity index (χ4v) is 3.37. The zero-order chi connectivity index (χ0) is 19.5. The number of hydrogen-bond donors (Lipinski definition) is 0. The molecule has 1 aromatic carbocycles. The molecule has 7 heteroatoms. The molecule has 1 saturated heterocycles. The molecule has 0 bridgehead atoms. The number of fused-ring (bicyclic) bond motifs is 1. The van der Waals surface area contributed by atoms with E-state index in [4.69, 9.17) is 4.74 Å². The van der Waals surface area contributed by atoms with Gasteiger partial charge in [0.05, 0.1) is 6.61 Å². The number of imidazole rings is 1. The summed E-state index contributed by atoms with van der Waals surface area (Å²) in [4.78, 5) is 32.5. The molecule has 2 aromatic heterocycles. The highest BCUT2D eigenvalue weighted by Gasteiger charge is 2.26. The predicted molar refractivity (Wildman–Crippen MR) is 105 cm³/mol. The molecular formula is C21H22N4O3. The average Bonchev–Trinajstić information content (AvgIpc) is 3.17. The number of amides is 2. The first-order valence-corrected chi connectivity index (χ1v) is 9.41. The van der Waals surface area contributed by atoms with Crippen LogP contribution in [-0.4, -0.2) is 64.0 Å². The second kappa shape index (κ2) is 7.72. The van der Waals surface area contributed by atoms with Gasteiger partial charge in [0.25, 0.3) is 5.91 Å². The smallest absolute Gasteiger partial charge is 0.409 e. The van der Waals surface area contributed by atoms with Crippen molar-refractivity contribution in [2.24, 2.45) is 0 Å². The number of aromatic nitrogens is 2. The van der Waals surface area contributed by atoms with Gasteiger partial charge in [-0.25, -0.2) is 9.78 Å². The topological polar surface area (TPSA) is 67.2 Å². The molecule has 1 fully saturated rings. The lowest BCUT2D eigenvalue weighted by atomic mass is 10.1. The quantitative estimate of drug-likeness (QED) is 0.703. The predicted octanol–water partition coefficient (Wildman–Crippen LogP) is 2.92. The van der Waals surface area contributed by atoms with Gasteiger partial charge in [-0.15, -0.1) is 0 Å². The maximum Gasteiger partial charge on any atom is 0.409 e. The molecule has 7 nitrogen and oxygen atoms in total. The van der Waals surface area contributed by atoms with Crippen molar-refractivity contribution < 1.29 is 14.3 Å². The molecular weight excluding hydrogens is 356 g/mol. The van der Waals surface area contributed by atoms with Gasteiger partial charge in [-0.1, -0.05) is 30.3 Å². The van der Waals surface area contributed by atoms with Crippen LogP contribution in [0.25, 0.3) is 16.8 Å². The van der Waals surface area contributed by atoms with Gasteiger partial charge in [0.2, 0.25) is 0 Å². The van der Waals surface area contributed by atoms with Crippen LogP contribution in [0.3, 0.4) is 0 Å². The van der Waals surface area contributed by atoms with Crippen molar-refractivity contribution in [3.8, 4) is 11.1 Å². The van der Waals surface area contributed by atoms with E-state index in [0.29, 0.717) is 38.5 Å². The maximum absolute atomic E-state index is 12.8. The number of nitrogens with zero attached hydrogens (tertiary/aromatic N) is 4. The fraction of sp³-hybridized carbons (Fsp3) is 0.286. The van der Waals surface area contributed by atoms with Crippen LogP contribution in [0.1, 0.15) is 17.4 Å². The van der Waals surface area contributed by atoms with Gasteiger partial charge in [-0.3, -0.25) is 4.79 Å². The Morgan fingerprint density at radius 2 is 1.64 bits per heavy atom. The molecule has 4 rings (SSSR count). The first-order valence-electron chi connectivity index (χ1n) is 9.41. The van der Waals surface area contributed by atoms with Gasteiger partial charge < -0.3 is 18.9 Å². The Hall–Kier alpha value is -3.35. The second-order valence-corrected chi connectivity index (χ2v) is 6.65. The summed E-state index contributed by atoms with van der Waals surface area (Å²) in [6, 6.07) is 14.0. The Bertz CT molecular complexity index is 991. The minimum absolute atomic E-state index is 0.117. The van der Waals surface area contributed by atoms with Gasteiger partial charge in [0, 0.05) is 38.6 Å². The number of hydrogen-bond acceptors (Lipinski definition) is 4. The largest absolute Gasteiger partial charge is 0.450 e. The Labute approximate surface area is 163 Å². The molecule has 1 aliphatic heterocycles. The highest BCUT2D eigenvalue weighted by Crippen LogP contribution is 2.20. The van der Waals surface area contributed by atoms with Crippen molar-refractivity contribution in [3.63, 3.8) is 0 Å². The molecule has 3 aromatic rings. The summed E-state index contributed by atoms with van der Waals surface area (Å²) in [5.74, 6) is -0.117. The molecule has 0 radical (unpaired) electrons. The van der Waals surface area contributed by atoms with E-state index in [2.05, 4.69) is 4.98 Å². The van der Waals surface area contributed by atoms with E-state index < -0.39 is 0 Å². The first-order chi connectivity index (χ1) is 13.7. The normalized spacial score (nSPS) is 14.3. The minimum Gasteiger partial charge on any atom is -0.450 e. The van der Waals surface area contributed by atoms with Crippen LogP contribution in [0.4, 0.5) is 4.79 Å². The van der Waals surface area contributed by atoms with Crippen LogP contribution >= 0.6 is 0 Å². The Kier molecular flexibility index (Phi) is 4.97. The Balaban J connectivity index is 1.48. The number of rotatable bonds is 3. The van der Waals surface area contributed by atoms with E-state index in [-0.39, 0.29) is 12.0 Å². The van der Waals surface area contributed by atoms with E-state index in [9.17, 15) is 9.59 Å². The lowest BCUT2D eigenvalue weighted by Gasteiger charge is -2.33. The highest BCUT2D eigenvalue weighted by molar-refractivity contribution is 5.93. The van der Waals surface area contributed by atoms with Gasteiger partial charge in [0.15, 0.2) is 0 Å². The first kappa shape index (κ1) is 18.0. The van der Waals surface area contributed by atoms with Crippen LogP contribution < -0.4 is 0 Å². The monoisotopic (exact) mass is 378 g/mol. The summed E-state index contributed by atoms with van der Waals surface area (Å²) in [7, 11) is 0. The van der Waals surface area contributed by atoms with Crippen LogP contribution in [0, 0.1) is 0 Å². The molecule has 0 spiro atoms. The van der Waals surface area contributed by atoms with E-state index >= 15 is 0 Å². The number of piperazine rings is 1. The van der Waals surface area contributed by atoms with Gasteiger partial charge in [-0.05, 0) is 30.2 Å². The third-order valence-electron chi connectivity index (χ3n) is 4.87. The molecule has 2 amide bonds. The Morgan fingerprint density at radius 1 is 0.929 bits per heavy atom. The molecule has 0 N–H and O–H groups in total. The van der Waals surface area contributed by atoms with Gasteiger partial charge >= 0.3 is 6.09 Å². The molecule has 0 atom stereocenters. The second-order valence-electron chi connectivity index (χ2n) is 6.65. The molecule has 0 aliphatic carbocycles. The highest BCUT2D eigenvalue weighted by atomic mass is 16.6. The Morgan fingerprint density at radius 3 is 2.36 bits per heavy atom. The van der Waals surface area contributed by atoms with Crippen LogP contribution in [0.5, 0.6) is 0 Å². The standard InChI is InChI=1S/C21H22N4O3/c1-2-28-21(27)24-12-10-23(11-13-24)20(26)18-15-25-14-17(8-9-19(25)22-18)16-6-4-3-5-7-16/h3-9,14-15H,2,10-13H2,1H3. The number of carbonyl (C=O) groups excluding carboxylic acids is 2. The van der Waals surface area contributed by atoms with Gasteiger partial charge in [0.1, 0.15) is 11.3 Å². The van der Waals surface area contributed by atoms with Crippen LogP contribution in [0.15, 0.2) is 54.9 Å². The van der Waals surface area contributed by atoms with Crippen molar-refractivity contribution in [1.29, 1.82) is 0 Å². The summed E-state index contributed by atoms with van der Waals surface area (Å²) < 4.78 is 6.90. The summed E-state index contributed by atoms with van der Waals surface area (Å²) in [6.45, 7) is 4.02. The molecule has 144 valence electrons. The van der Waals surface area contributed by atoms with E-state index in [1.54, 1.807) is 22.9 Å². The number of carbonyl (C=O) groups is 2. The number of benzene rings is 1. The minimum atomic E-state index is -0.323. The summed E-state index contributed by atoms with van der Waals surface area (Å²) in [5.41, 5.74) is 3.32. The van der Waals surface area contributed by atoms with E-state index in [1.165, 1.54) is 0 Å². The maximum atomic E-state index is 12.8. The van der Waals surface area contributed by atoms with Crippen molar-refractivity contribution in [3.05, 3.63) is 60.6 Å².